The number of aromatic nitrogens is 2. The van der Waals surface area contributed by atoms with Gasteiger partial charge in [0.05, 0.1) is 24.5 Å². The fourth-order valence-electron chi connectivity index (χ4n) is 3.33. The predicted molar refractivity (Wildman–Crippen MR) is 115 cm³/mol. The molecule has 6 nitrogen and oxygen atoms in total. The van der Waals surface area contributed by atoms with Gasteiger partial charge in [-0.15, -0.1) is 0 Å². The van der Waals surface area contributed by atoms with E-state index in [1.165, 1.54) is 16.7 Å². The predicted octanol–water partition coefficient (Wildman–Crippen LogP) is 3.39. The molecule has 2 N–H and O–H groups in total. The van der Waals surface area contributed by atoms with Gasteiger partial charge in [0.25, 0.3) is 0 Å². The molecule has 0 unspecified atom stereocenters. The first-order valence-corrected chi connectivity index (χ1v) is 9.66. The highest BCUT2D eigenvalue weighted by molar-refractivity contribution is 5.93. The van der Waals surface area contributed by atoms with Crippen LogP contribution in [-0.2, 0) is 6.42 Å². The molecule has 0 saturated heterocycles. The van der Waals surface area contributed by atoms with Crippen LogP contribution in [0.2, 0.25) is 0 Å². The van der Waals surface area contributed by atoms with E-state index in [-0.39, 0.29) is 0 Å². The molecule has 0 radical (unpaired) electrons. The lowest BCUT2D eigenvalue weighted by Crippen LogP contribution is -2.46. The molecule has 0 fully saturated rings. The molecular weight excluding hydrogens is 348 g/mol. The first-order valence-electron chi connectivity index (χ1n) is 9.66. The minimum atomic E-state index is 0.581. The van der Waals surface area contributed by atoms with Crippen LogP contribution >= 0.6 is 0 Å². The van der Waals surface area contributed by atoms with Crippen molar-refractivity contribution in [3.05, 3.63) is 64.8 Å². The Hall–Kier alpha value is -2.99. The molecular formula is C22H26N6. The number of benzene rings is 2. The van der Waals surface area contributed by atoms with Crippen LogP contribution in [-0.4, -0.2) is 40.7 Å². The van der Waals surface area contributed by atoms with Gasteiger partial charge in [-0.1, -0.05) is 30.3 Å². The third-order valence-electron chi connectivity index (χ3n) is 5.19. The number of hydrogen-bond acceptors (Lipinski definition) is 6. The fourth-order valence-corrected chi connectivity index (χ4v) is 3.33. The summed E-state index contributed by atoms with van der Waals surface area (Å²) in [5.74, 6) is 1.30. The summed E-state index contributed by atoms with van der Waals surface area (Å²) in [5, 5.41) is 7.66. The van der Waals surface area contributed by atoms with Crippen molar-refractivity contribution in [1.29, 1.82) is 0 Å². The maximum Gasteiger partial charge on any atom is 0.230 e. The lowest BCUT2D eigenvalue weighted by Gasteiger charge is -2.26. The van der Waals surface area contributed by atoms with Crippen molar-refractivity contribution < 1.29 is 0 Å². The molecule has 0 saturated carbocycles. The van der Waals surface area contributed by atoms with Crippen molar-refractivity contribution in [3.63, 3.8) is 0 Å². The summed E-state index contributed by atoms with van der Waals surface area (Å²) in [7, 11) is 0. The van der Waals surface area contributed by atoms with Gasteiger partial charge in [-0.3, -0.25) is 10.2 Å². The lowest BCUT2D eigenvalue weighted by molar-refractivity contribution is 0.268. The average Bonchev–Trinajstić information content (AvgIpc) is 2.70. The van der Waals surface area contributed by atoms with Gasteiger partial charge in [-0.25, -0.2) is 15.0 Å². The molecule has 4 rings (SSSR count). The summed E-state index contributed by atoms with van der Waals surface area (Å²) >= 11 is 0. The van der Waals surface area contributed by atoms with Crippen LogP contribution < -0.4 is 10.6 Å². The molecule has 1 aliphatic rings. The number of aryl methyl sites for hydroxylation is 3. The quantitative estimate of drug-likeness (QED) is 0.733. The van der Waals surface area contributed by atoms with Gasteiger partial charge in [0, 0.05) is 11.9 Å². The topological polar surface area (TPSA) is 65.4 Å². The van der Waals surface area contributed by atoms with E-state index in [2.05, 4.69) is 80.7 Å². The zero-order valence-corrected chi connectivity index (χ0v) is 16.7. The van der Waals surface area contributed by atoms with Crippen molar-refractivity contribution in [2.24, 2.45) is 4.99 Å². The fraction of sp³-hybridized carbons (Fsp3) is 0.318. The Balaban J connectivity index is 1.41. The summed E-state index contributed by atoms with van der Waals surface area (Å²) in [5.41, 5.74) is 5.77. The number of anilines is 1. The Labute approximate surface area is 165 Å². The molecule has 1 aliphatic heterocycles. The molecule has 0 spiro atoms. The van der Waals surface area contributed by atoms with Crippen LogP contribution in [0.4, 0.5) is 5.95 Å². The maximum atomic E-state index is 4.67. The summed E-state index contributed by atoms with van der Waals surface area (Å²) in [6, 6.07) is 14.8. The van der Waals surface area contributed by atoms with Crippen molar-refractivity contribution in [3.8, 4) is 0 Å². The average molecular weight is 374 g/mol. The van der Waals surface area contributed by atoms with E-state index in [9.17, 15) is 0 Å². The molecule has 2 aromatic carbocycles. The first-order chi connectivity index (χ1) is 13.6. The molecule has 0 aliphatic carbocycles. The minimum absolute atomic E-state index is 0.581. The normalized spacial score (nSPS) is 14.6. The number of nitrogens with one attached hydrogen (secondary N) is 2. The Morgan fingerprint density at radius 1 is 1.04 bits per heavy atom. The molecule has 0 amide bonds. The highest BCUT2D eigenvalue weighted by Crippen LogP contribution is 2.21. The molecule has 1 aromatic heterocycles. The van der Waals surface area contributed by atoms with Crippen LogP contribution in [0, 0.1) is 20.8 Å². The Morgan fingerprint density at radius 2 is 1.82 bits per heavy atom. The van der Waals surface area contributed by atoms with E-state index in [1.807, 2.05) is 13.0 Å². The largest absolute Gasteiger partial charge is 0.343 e. The minimum Gasteiger partial charge on any atom is -0.343 e. The molecule has 3 aromatic rings. The molecule has 28 heavy (non-hydrogen) atoms. The summed E-state index contributed by atoms with van der Waals surface area (Å²) in [6.07, 6.45) is 1.02. The number of rotatable bonds is 4. The van der Waals surface area contributed by atoms with Gasteiger partial charge in [0.2, 0.25) is 11.9 Å². The third kappa shape index (κ3) is 4.12. The monoisotopic (exact) mass is 374 g/mol. The smallest absolute Gasteiger partial charge is 0.230 e. The van der Waals surface area contributed by atoms with Crippen LogP contribution in [0.15, 0.2) is 47.5 Å². The van der Waals surface area contributed by atoms with Gasteiger partial charge in [-0.05, 0) is 56.0 Å². The Kier molecular flexibility index (Phi) is 5.21. The molecule has 0 bridgehead atoms. The number of aliphatic imine (C=N–C) groups is 1. The highest BCUT2D eigenvalue weighted by Gasteiger charge is 2.14. The Bertz CT molecular complexity index is 1010. The van der Waals surface area contributed by atoms with Crippen LogP contribution in [0.3, 0.4) is 0 Å². The van der Waals surface area contributed by atoms with Crippen molar-refractivity contribution in [2.45, 2.75) is 27.2 Å². The second-order valence-electron chi connectivity index (χ2n) is 7.32. The molecule has 0 atom stereocenters. The zero-order valence-electron chi connectivity index (χ0n) is 16.7. The third-order valence-corrected chi connectivity index (χ3v) is 5.19. The Morgan fingerprint density at radius 3 is 2.57 bits per heavy atom. The number of hydrogen-bond donors (Lipinski definition) is 2. The summed E-state index contributed by atoms with van der Waals surface area (Å²) < 4.78 is 0. The van der Waals surface area contributed by atoms with Crippen LogP contribution in [0.25, 0.3) is 10.9 Å². The standard InChI is InChI=1S/C22H26N6/c1-15-11-19-17(3)25-22(26-20(19)12-16(15)2)27-21-23-13-28(14-24-21)10-9-18-7-5-4-6-8-18/h4-8,11-12H,9-10,13-14H2,1-3H3,(H2,23,24,25,26,27). The number of guanidine groups is 1. The number of fused-ring (bicyclic) bond motifs is 1. The lowest BCUT2D eigenvalue weighted by atomic mass is 10.1. The summed E-state index contributed by atoms with van der Waals surface area (Å²) in [6.45, 7) is 8.63. The van der Waals surface area contributed by atoms with Crippen molar-refractivity contribution in [1.82, 2.24) is 20.2 Å². The van der Waals surface area contributed by atoms with Crippen LogP contribution in [0.1, 0.15) is 22.4 Å². The molecule has 2 heterocycles. The van der Waals surface area contributed by atoms with E-state index in [0.29, 0.717) is 12.6 Å². The molecule has 6 heteroatoms. The second kappa shape index (κ2) is 7.94. The molecule has 144 valence electrons. The summed E-state index contributed by atoms with van der Waals surface area (Å²) in [4.78, 5) is 16.1. The second-order valence-corrected chi connectivity index (χ2v) is 7.32. The van der Waals surface area contributed by atoms with Crippen LogP contribution in [0.5, 0.6) is 0 Å². The highest BCUT2D eigenvalue weighted by atomic mass is 15.4. The maximum absolute atomic E-state index is 4.67. The van der Waals surface area contributed by atoms with E-state index < -0.39 is 0 Å². The van der Waals surface area contributed by atoms with E-state index in [4.69, 9.17) is 0 Å². The van der Waals surface area contributed by atoms with E-state index >= 15 is 0 Å². The van der Waals surface area contributed by atoms with Crippen molar-refractivity contribution >= 4 is 22.8 Å². The van der Waals surface area contributed by atoms with Gasteiger partial charge >= 0.3 is 0 Å². The van der Waals surface area contributed by atoms with Gasteiger partial charge < -0.3 is 5.32 Å². The SMILES string of the molecule is Cc1cc2nc(NC3=NCN(CCc4ccccc4)CN3)nc(C)c2cc1C. The van der Waals surface area contributed by atoms with Crippen molar-refractivity contribution in [2.75, 3.05) is 25.2 Å². The van der Waals surface area contributed by atoms with Gasteiger partial charge in [-0.2, -0.15) is 0 Å². The van der Waals surface area contributed by atoms with Gasteiger partial charge in [0.1, 0.15) is 0 Å². The van der Waals surface area contributed by atoms with Gasteiger partial charge in [0.15, 0.2) is 0 Å². The van der Waals surface area contributed by atoms with E-state index in [0.717, 1.165) is 42.2 Å². The van der Waals surface area contributed by atoms with E-state index in [1.54, 1.807) is 0 Å². The zero-order chi connectivity index (χ0) is 19.5. The number of nitrogens with zero attached hydrogens (tertiary/aromatic N) is 4. The first kappa shape index (κ1) is 18.4.